The molecule has 180 valence electrons. The van der Waals surface area contributed by atoms with Crippen LogP contribution in [0.15, 0.2) is 54.9 Å². The van der Waals surface area contributed by atoms with Gasteiger partial charge in [0.25, 0.3) is 5.91 Å². The van der Waals surface area contributed by atoms with Gasteiger partial charge in [0.05, 0.1) is 17.5 Å². The van der Waals surface area contributed by atoms with E-state index in [1.807, 2.05) is 35.2 Å². The zero-order valence-electron chi connectivity index (χ0n) is 19.6. The first kappa shape index (κ1) is 23.6. The maximum Gasteiger partial charge on any atom is 0.255 e. The number of amides is 1. The lowest BCUT2D eigenvalue weighted by molar-refractivity contribution is 0.0747. The highest BCUT2D eigenvalue weighted by Crippen LogP contribution is 2.26. The number of nitrogens with zero attached hydrogens (tertiary/aromatic N) is 3. The second-order valence-electron chi connectivity index (χ2n) is 8.71. The number of hydrogen-bond donors (Lipinski definition) is 3. The fourth-order valence-corrected chi connectivity index (χ4v) is 4.56. The van der Waals surface area contributed by atoms with Crippen molar-refractivity contribution in [2.75, 3.05) is 47.4 Å². The Hall–Kier alpha value is -3.53. The van der Waals surface area contributed by atoms with Crippen LogP contribution in [0.1, 0.15) is 24.2 Å². The SMILES string of the molecule is CC(C)Nc1cccnc1N1CCN(C(=O)c2c[nH]c(-c3ccc(NS(C)(=O)=O)cc3)c2)CC1. The topological polar surface area (TPSA) is 110 Å². The first-order valence-corrected chi connectivity index (χ1v) is 13.1. The zero-order valence-corrected chi connectivity index (χ0v) is 20.4. The number of aromatic amines is 1. The predicted octanol–water partition coefficient (Wildman–Crippen LogP) is 3.23. The molecular weight excluding hydrogens is 452 g/mol. The molecule has 3 N–H and O–H groups in total. The number of pyridine rings is 1. The van der Waals surface area contributed by atoms with Crippen LogP contribution in [0.2, 0.25) is 0 Å². The molecule has 0 bridgehead atoms. The number of carbonyl (C=O) groups is 1. The van der Waals surface area contributed by atoms with E-state index in [9.17, 15) is 13.2 Å². The van der Waals surface area contributed by atoms with E-state index >= 15 is 0 Å². The minimum absolute atomic E-state index is 0.0148. The summed E-state index contributed by atoms with van der Waals surface area (Å²) in [6.07, 6.45) is 4.63. The van der Waals surface area contributed by atoms with Crippen molar-refractivity contribution in [3.63, 3.8) is 0 Å². The minimum atomic E-state index is -3.32. The van der Waals surface area contributed by atoms with Gasteiger partial charge in [-0.2, -0.15) is 0 Å². The van der Waals surface area contributed by atoms with Crippen molar-refractivity contribution in [2.45, 2.75) is 19.9 Å². The summed E-state index contributed by atoms with van der Waals surface area (Å²) in [5.74, 6) is 0.903. The molecular formula is C24H30N6O3S. The molecule has 0 spiro atoms. The Morgan fingerprint density at radius 1 is 1.09 bits per heavy atom. The first-order valence-electron chi connectivity index (χ1n) is 11.2. The number of piperazine rings is 1. The average Bonchev–Trinajstić information content (AvgIpc) is 3.28. The van der Waals surface area contributed by atoms with Crippen LogP contribution in [-0.2, 0) is 10.0 Å². The first-order chi connectivity index (χ1) is 16.2. The summed E-state index contributed by atoms with van der Waals surface area (Å²) in [5, 5.41) is 3.44. The number of H-pyrrole nitrogens is 1. The van der Waals surface area contributed by atoms with Crippen LogP contribution in [0.25, 0.3) is 11.3 Å². The third kappa shape index (κ3) is 5.69. The molecule has 9 nitrogen and oxygen atoms in total. The molecule has 4 rings (SSSR count). The fourth-order valence-electron chi connectivity index (χ4n) is 3.99. The van der Waals surface area contributed by atoms with Crippen LogP contribution in [0, 0.1) is 0 Å². The number of carbonyl (C=O) groups excluding carboxylic acids is 1. The predicted molar refractivity (Wildman–Crippen MR) is 136 cm³/mol. The van der Waals surface area contributed by atoms with Crippen molar-refractivity contribution >= 4 is 33.1 Å². The lowest BCUT2D eigenvalue weighted by atomic mass is 10.1. The highest BCUT2D eigenvalue weighted by Gasteiger charge is 2.25. The van der Waals surface area contributed by atoms with Crippen molar-refractivity contribution in [1.29, 1.82) is 0 Å². The van der Waals surface area contributed by atoms with Gasteiger partial charge in [0.2, 0.25) is 10.0 Å². The Morgan fingerprint density at radius 3 is 2.44 bits per heavy atom. The average molecular weight is 483 g/mol. The van der Waals surface area contributed by atoms with E-state index in [2.05, 4.69) is 38.8 Å². The third-order valence-corrected chi connectivity index (χ3v) is 6.13. The van der Waals surface area contributed by atoms with E-state index < -0.39 is 10.0 Å². The van der Waals surface area contributed by atoms with Crippen molar-refractivity contribution in [1.82, 2.24) is 14.9 Å². The summed E-state index contributed by atoms with van der Waals surface area (Å²) in [4.78, 5) is 24.9. The van der Waals surface area contributed by atoms with Gasteiger partial charge >= 0.3 is 0 Å². The Bertz CT molecular complexity index is 1250. The Morgan fingerprint density at radius 2 is 1.79 bits per heavy atom. The summed E-state index contributed by atoms with van der Waals surface area (Å²) in [5.41, 5.74) is 3.76. The molecule has 1 saturated heterocycles. The molecule has 34 heavy (non-hydrogen) atoms. The lowest BCUT2D eigenvalue weighted by Crippen LogP contribution is -2.49. The summed E-state index contributed by atoms with van der Waals surface area (Å²) < 4.78 is 25.2. The summed E-state index contributed by atoms with van der Waals surface area (Å²) in [6, 6.07) is 13.1. The van der Waals surface area contributed by atoms with Crippen LogP contribution >= 0.6 is 0 Å². The molecule has 1 amide bonds. The monoisotopic (exact) mass is 482 g/mol. The van der Waals surface area contributed by atoms with Crippen LogP contribution in [0.4, 0.5) is 17.2 Å². The highest BCUT2D eigenvalue weighted by atomic mass is 32.2. The Kier molecular flexibility index (Phi) is 6.78. The van der Waals surface area contributed by atoms with E-state index in [1.54, 1.807) is 24.5 Å². The van der Waals surface area contributed by atoms with Gasteiger partial charge in [0.15, 0.2) is 5.82 Å². The number of sulfonamides is 1. The van der Waals surface area contributed by atoms with Gasteiger partial charge in [-0.05, 0) is 49.7 Å². The molecule has 1 aliphatic heterocycles. The van der Waals surface area contributed by atoms with E-state index in [0.717, 1.165) is 29.0 Å². The molecule has 0 radical (unpaired) electrons. The molecule has 10 heteroatoms. The number of benzene rings is 1. The van der Waals surface area contributed by atoms with Crippen molar-refractivity contribution in [3.8, 4) is 11.3 Å². The normalized spacial score (nSPS) is 14.4. The minimum Gasteiger partial charge on any atom is -0.380 e. The Labute approximate surface area is 200 Å². The van der Waals surface area contributed by atoms with Gasteiger partial charge in [0, 0.05) is 56.0 Å². The van der Waals surface area contributed by atoms with Crippen LogP contribution in [0.3, 0.4) is 0 Å². The molecule has 0 saturated carbocycles. The van der Waals surface area contributed by atoms with Gasteiger partial charge in [0.1, 0.15) is 0 Å². The van der Waals surface area contributed by atoms with E-state index in [0.29, 0.717) is 43.5 Å². The summed E-state index contributed by atoms with van der Waals surface area (Å²) in [6.45, 7) is 6.84. The number of nitrogens with one attached hydrogen (secondary N) is 3. The number of hydrogen-bond acceptors (Lipinski definition) is 6. The zero-order chi connectivity index (χ0) is 24.3. The van der Waals surface area contributed by atoms with E-state index in [4.69, 9.17) is 0 Å². The van der Waals surface area contributed by atoms with E-state index in [-0.39, 0.29) is 5.91 Å². The molecule has 1 aromatic carbocycles. The second-order valence-corrected chi connectivity index (χ2v) is 10.5. The smallest absolute Gasteiger partial charge is 0.255 e. The molecule has 3 aromatic rings. The molecule has 3 heterocycles. The van der Waals surface area contributed by atoms with Crippen LogP contribution in [0.5, 0.6) is 0 Å². The van der Waals surface area contributed by atoms with Crippen molar-refractivity contribution in [2.24, 2.45) is 0 Å². The number of anilines is 3. The van der Waals surface area contributed by atoms with Crippen LogP contribution in [-0.4, -0.2) is 67.7 Å². The van der Waals surface area contributed by atoms with Crippen molar-refractivity contribution in [3.05, 3.63) is 60.4 Å². The van der Waals surface area contributed by atoms with Crippen molar-refractivity contribution < 1.29 is 13.2 Å². The molecule has 1 aliphatic rings. The molecule has 2 aromatic heterocycles. The standard InChI is InChI=1S/C24H30N6O3S/c1-17(2)27-21-5-4-10-25-23(21)29-11-13-30(14-12-29)24(31)19-15-22(26-16-19)18-6-8-20(9-7-18)28-34(3,32)33/h4-10,15-17,26-28H,11-14H2,1-3H3. The Balaban J connectivity index is 1.39. The fraction of sp³-hybridized carbons (Fsp3) is 0.333. The third-order valence-electron chi connectivity index (χ3n) is 5.53. The maximum absolute atomic E-state index is 13.1. The van der Waals surface area contributed by atoms with E-state index in [1.165, 1.54) is 0 Å². The number of aromatic nitrogens is 2. The molecule has 1 fully saturated rings. The molecule has 0 aliphatic carbocycles. The van der Waals surface area contributed by atoms with Gasteiger partial charge in [-0.15, -0.1) is 0 Å². The molecule has 0 unspecified atom stereocenters. The second kappa shape index (κ2) is 9.76. The maximum atomic E-state index is 13.1. The largest absolute Gasteiger partial charge is 0.380 e. The van der Waals surface area contributed by atoms with Crippen LogP contribution < -0.4 is 14.9 Å². The van der Waals surface area contributed by atoms with Gasteiger partial charge in [-0.1, -0.05) is 12.1 Å². The lowest BCUT2D eigenvalue weighted by Gasteiger charge is -2.36. The molecule has 0 atom stereocenters. The summed E-state index contributed by atoms with van der Waals surface area (Å²) >= 11 is 0. The van der Waals surface area contributed by atoms with Gasteiger partial charge < -0.3 is 20.1 Å². The summed E-state index contributed by atoms with van der Waals surface area (Å²) in [7, 11) is -3.32. The quantitative estimate of drug-likeness (QED) is 0.477. The number of rotatable bonds is 7. The van der Waals surface area contributed by atoms with Gasteiger partial charge in [-0.25, -0.2) is 13.4 Å². The highest BCUT2D eigenvalue weighted by molar-refractivity contribution is 7.92. The van der Waals surface area contributed by atoms with Gasteiger partial charge in [-0.3, -0.25) is 9.52 Å².